The minimum Gasteiger partial charge on any atom is -0.365 e. The molecule has 0 saturated heterocycles. The van der Waals surface area contributed by atoms with Gasteiger partial charge in [-0.25, -0.2) is 13.1 Å². The quantitative estimate of drug-likeness (QED) is 0.671. The molecule has 7 heteroatoms. The molecule has 0 saturated carbocycles. The SMILES string of the molecule is O=S(=O)(NC1Cc2cc(Cl)ccc2N(Cc2ccccc2)C1)c1ccsc1. The first-order valence-electron chi connectivity index (χ1n) is 8.63. The van der Waals surface area contributed by atoms with Gasteiger partial charge in [-0.1, -0.05) is 41.9 Å². The van der Waals surface area contributed by atoms with E-state index >= 15 is 0 Å². The van der Waals surface area contributed by atoms with Crippen LogP contribution in [0.2, 0.25) is 5.02 Å². The van der Waals surface area contributed by atoms with Crippen molar-refractivity contribution in [3.63, 3.8) is 0 Å². The summed E-state index contributed by atoms with van der Waals surface area (Å²) < 4.78 is 28.2. The average Bonchev–Trinajstić information content (AvgIpc) is 3.17. The summed E-state index contributed by atoms with van der Waals surface area (Å²) >= 11 is 7.57. The summed E-state index contributed by atoms with van der Waals surface area (Å²) in [6, 6.07) is 17.4. The first-order chi connectivity index (χ1) is 13.0. The van der Waals surface area contributed by atoms with Gasteiger partial charge in [-0.3, -0.25) is 0 Å². The number of nitrogens with one attached hydrogen (secondary N) is 1. The predicted molar refractivity (Wildman–Crippen MR) is 111 cm³/mol. The molecule has 1 aliphatic rings. The molecule has 3 aromatic rings. The lowest BCUT2D eigenvalue weighted by atomic mass is 9.98. The molecule has 1 atom stereocenters. The third-order valence-electron chi connectivity index (χ3n) is 4.63. The topological polar surface area (TPSA) is 49.4 Å². The number of fused-ring (bicyclic) bond motifs is 1. The largest absolute Gasteiger partial charge is 0.365 e. The van der Waals surface area contributed by atoms with Crippen LogP contribution in [-0.2, 0) is 23.0 Å². The van der Waals surface area contributed by atoms with E-state index in [2.05, 4.69) is 21.8 Å². The first-order valence-corrected chi connectivity index (χ1v) is 11.4. The van der Waals surface area contributed by atoms with Crippen molar-refractivity contribution < 1.29 is 8.42 Å². The van der Waals surface area contributed by atoms with Crippen LogP contribution in [0.15, 0.2) is 70.3 Å². The Labute approximate surface area is 168 Å². The third kappa shape index (κ3) is 4.19. The maximum absolute atomic E-state index is 12.7. The summed E-state index contributed by atoms with van der Waals surface area (Å²) in [4.78, 5) is 2.53. The van der Waals surface area contributed by atoms with Crippen molar-refractivity contribution in [2.45, 2.75) is 23.9 Å². The van der Waals surface area contributed by atoms with Gasteiger partial charge >= 0.3 is 0 Å². The Hall–Kier alpha value is -1.86. The van der Waals surface area contributed by atoms with Crippen molar-refractivity contribution in [1.82, 2.24) is 4.72 Å². The fourth-order valence-electron chi connectivity index (χ4n) is 3.45. The van der Waals surface area contributed by atoms with Crippen LogP contribution in [-0.4, -0.2) is 21.0 Å². The summed E-state index contributed by atoms with van der Waals surface area (Å²) in [6.45, 7) is 1.32. The lowest BCUT2D eigenvalue weighted by Gasteiger charge is -2.36. The Morgan fingerprint density at radius 2 is 1.96 bits per heavy atom. The number of rotatable bonds is 5. The number of sulfonamides is 1. The molecule has 1 aromatic heterocycles. The van der Waals surface area contributed by atoms with Crippen molar-refractivity contribution in [1.29, 1.82) is 0 Å². The van der Waals surface area contributed by atoms with E-state index in [-0.39, 0.29) is 6.04 Å². The number of benzene rings is 2. The van der Waals surface area contributed by atoms with Gasteiger partial charge in [-0.05, 0) is 47.2 Å². The van der Waals surface area contributed by atoms with Crippen molar-refractivity contribution >= 4 is 38.6 Å². The third-order valence-corrected chi connectivity index (χ3v) is 7.22. The van der Waals surface area contributed by atoms with Crippen LogP contribution in [0.25, 0.3) is 0 Å². The van der Waals surface area contributed by atoms with E-state index in [0.717, 1.165) is 11.3 Å². The van der Waals surface area contributed by atoms with E-state index in [4.69, 9.17) is 11.6 Å². The molecule has 0 spiro atoms. The van der Waals surface area contributed by atoms with Gasteiger partial charge in [0, 0.05) is 35.2 Å². The number of nitrogens with zero attached hydrogens (tertiary/aromatic N) is 1. The second-order valence-corrected chi connectivity index (χ2v) is 9.55. The van der Waals surface area contributed by atoms with Crippen molar-refractivity contribution in [3.8, 4) is 0 Å². The van der Waals surface area contributed by atoms with Crippen LogP contribution >= 0.6 is 22.9 Å². The highest BCUT2D eigenvalue weighted by molar-refractivity contribution is 7.89. The highest BCUT2D eigenvalue weighted by atomic mass is 35.5. The average molecular weight is 419 g/mol. The van der Waals surface area contributed by atoms with Crippen molar-refractivity contribution in [3.05, 3.63) is 81.5 Å². The van der Waals surface area contributed by atoms with Gasteiger partial charge in [0.25, 0.3) is 0 Å². The minimum atomic E-state index is -3.52. The number of anilines is 1. The molecule has 0 fully saturated rings. The molecule has 1 aliphatic heterocycles. The van der Waals surface area contributed by atoms with Gasteiger partial charge in [0.2, 0.25) is 10.0 Å². The smallest absolute Gasteiger partial charge is 0.241 e. The zero-order chi connectivity index (χ0) is 18.9. The van der Waals surface area contributed by atoms with E-state index in [9.17, 15) is 8.42 Å². The molecular formula is C20H19ClN2O2S2. The van der Waals surface area contributed by atoms with Gasteiger partial charge in [-0.2, -0.15) is 11.3 Å². The number of hydrogen-bond donors (Lipinski definition) is 1. The zero-order valence-electron chi connectivity index (χ0n) is 14.5. The van der Waals surface area contributed by atoms with Crippen LogP contribution in [0, 0.1) is 0 Å². The Morgan fingerprint density at radius 1 is 1.15 bits per heavy atom. The van der Waals surface area contributed by atoms with Crippen molar-refractivity contribution in [2.24, 2.45) is 0 Å². The Bertz CT molecular complexity index is 1020. The van der Waals surface area contributed by atoms with Crippen LogP contribution < -0.4 is 9.62 Å². The maximum Gasteiger partial charge on any atom is 0.241 e. The molecule has 1 unspecified atom stereocenters. The second kappa shape index (κ2) is 7.64. The molecule has 140 valence electrons. The Kier molecular flexibility index (Phi) is 5.23. The van der Waals surface area contributed by atoms with Crippen LogP contribution in [0.3, 0.4) is 0 Å². The second-order valence-electron chi connectivity index (χ2n) is 6.62. The van der Waals surface area contributed by atoms with E-state index in [1.165, 1.54) is 16.9 Å². The first kappa shape index (κ1) is 18.5. The molecule has 1 N–H and O–H groups in total. The van der Waals surface area contributed by atoms with Gasteiger partial charge in [-0.15, -0.1) is 0 Å². The van der Waals surface area contributed by atoms with E-state index in [0.29, 0.717) is 29.4 Å². The predicted octanol–water partition coefficient (Wildman–Crippen LogP) is 4.31. The molecule has 2 heterocycles. The number of hydrogen-bond acceptors (Lipinski definition) is 4. The molecule has 4 rings (SSSR count). The standard InChI is InChI=1S/C20H19ClN2O2S2/c21-17-6-7-20-16(10-17)11-18(22-27(24,25)19-8-9-26-14-19)13-23(20)12-15-4-2-1-3-5-15/h1-10,14,18,22H,11-13H2. The van der Waals surface area contributed by atoms with Gasteiger partial charge in [0.1, 0.15) is 0 Å². The molecule has 0 amide bonds. The molecule has 0 radical (unpaired) electrons. The monoisotopic (exact) mass is 418 g/mol. The van der Waals surface area contributed by atoms with Crippen LogP contribution in [0.4, 0.5) is 5.69 Å². The normalized spacial score (nSPS) is 16.9. The molecule has 4 nitrogen and oxygen atoms in total. The van der Waals surface area contributed by atoms with Crippen LogP contribution in [0.5, 0.6) is 0 Å². The molecule has 0 bridgehead atoms. The van der Waals surface area contributed by atoms with E-state index in [1.807, 2.05) is 36.4 Å². The fourth-order valence-corrected chi connectivity index (χ4v) is 5.90. The van der Waals surface area contributed by atoms with Crippen molar-refractivity contribution in [2.75, 3.05) is 11.4 Å². The lowest BCUT2D eigenvalue weighted by Crippen LogP contribution is -2.48. The van der Waals surface area contributed by atoms with Crippen LogP contribution in [0.1, 0.15) is 11.1 Å². The summed E-state index contributed by atoms with van der Waals surface area (Å²) in [5.41, 5.74) is 3.34. The highest BCUT2D eigenvalue weighted by Crippen LogP contribution is 2.31. The molecular weight excluding hydrogens is 400 g/mol. The molecule has 27 heavy (non-hydrogen) atoms. The minimum absolute atomic E-state index is 0.218. The Morgan fingerprint density at radius 3 is 2.70 bits per heavy atom. The van der Waals surface area contributed by atoms with Gasteiger partial charge in [0.15, 0.2) is 0 Å². The Balaban J connectivity index is 1.62. The summed E-state index contributed by atoms with van der Waals surface area (Å²) in [7, 11) is -3.52. The lowest BCUT2D eigenvalue weighted by molar-refractivity contribution is 0.525. The summed E-state index contributed by atoms with van der Waals surface area (Å²) in [5, 5.41) is 4.08. The molecule has 2 aromatic carbocycles. The summed E-state index contributed by atoms with van der Waals surface area (Å²) in [5.74, 6) is 0. The summed E-state index contributed by atoms with van der Waals surface area (Å²) in [6.07, 6.45) is 0.616. The highest BCUT2D eigenvalue weighted by Gasteiger charge is 2.28. The number of halogens is 1. The van der Waals surface area contributed by atoms with E-state index < -0.39 is 10.0 Å². The zero-order valence-corrected chi connectivity index (χ0v) is 16.9. The molecule has 0 aliphatic carbocycles. The van der Waals surface area contributed by atoms with Gasteiger partial charge in [0.05, 0.1) is 4.90 Å². The van der Waals surface area contributed by atoms with Gasteiger partial charge < -0.3 is 4.90 Å². The number of thiophene rings is 1. The maximum atomic E-state index is 12.7. The van der Waals surface area contributed by atoms with E-state index in [1.54, 1.807) is 16.8 Å². The fraction of sp³-hybridized carbons (Fsp3) is 0.200.